The Balaban J connectivity index is 2.04. The van der Waals surface area contributed by atoms with E-state index in [1.807, 2.05) is 6.07 Å². The largest absolute Gasteiger partial charge is 0.296 e. The van der Waals surface area contributed by atoms with Crippen molar-refractivity contribution in [2.45, 2.75) is 52.0 Å². The molecule has 0 heterocycles. The molecule has 0 atom stereocenters. The molecule has 0 spiro atoms. The Hall–Kier alpha value is -1.15. The molecule has 0 bridgehead atoms. The third kappa shape index (κ3) is 3.24. The van der Waals surface area contributed by atoms with Gasteiger partial charge in [-0.25, -0.2) is 0 Å². The minimum atomic E-state index is 0.254. The first-order valence-corrected chi connectivity index (χ1v) is 7.51. The first-order valence-electron chi connectivity index (χ1n) is 7.51. The van der Waals surface area contributed by atoms with Crippen molar-refractivity contribution >= 4 is 5.78 Å². The van der Waals surface area contributed by atoms with E-state index in [9.17, 15) is 4.79 Å². The molecule has 1 aliphatic carbocycles. The number of hydrogen-bond donors (Lipinski definition) is 0. The van der Waals surface area contributed by atoms with E-state index in [4.69, 9.17) is 0 Å². The maximum Gasteiger partial charge on any atom is 0.176 e. The zero-order valence-corrected chi connectivity index (χ0v) is 12.4. The summed E-state index contributed by atoms with van der Waals surface area (Å²) in [6.45, 7) is 4.90. The highest BCUT2D eigenvalue weighted by Gasteiger charge is 2.17. The zero-order valence-electron chi connectivity index (χ0n) is 12.4. The first-order chi connectivity index (χ1) is 9.15. The number of fused-ring (bicyclic) bond motifs is 1. The fraction of sp³-hybridized carbons (Fsp3) is 0.588. The molecule has 0 amide bonds. The number of likely N-dealkylation sites (N-methyl/N-ethyl adjacent to an activating group) is 1. The molecule has 104 valence electrons. The summed E-state index contributed by atoms with van der Waals surface area (Å²) in [6.07, 6.45) is 5.76. The lowest BCUT2D eigenvalue weighted by Gasteiger charge is -2.25. The molecule has 0 radical (unpaired) electrons. The van der Waals surface area contributed by atoms with Crippen molar-refractivity contribution in [3.8, 4) is 0 Å². The number of carbonyl (C=O) groups is 1. The molecular weight excluding hydrogens is 234 g/mol. The zero-order chi connectivity index (χ0) is 13.8. The van der Waals surface area contributed by atoms with Gasteiger partial charge in [0.05, 0.1) is 6.54 Å². The van der Waals surface area contributed by atoms with Gasteiger partial charge in [-0.1, -0.05) is 26.0 Å². The van der Waals surface area contributed by atoms with E-state index < -0.39 is 0 Å². The Kier molecular flexibility index (Phi) is 4.76. The summed E-state index contributed by atoms with van der Waals surface area (Å²) < 4.78 is 0. The highest BCUT2D eigenvalue weighted by Crippen LogP contribution is 2.23. The van der Waals surface area contributed by atoms with Crippen LogP contribution < -0.4 is 0 Å². The summed E-state index contributed by atoms with van der Waals surface area (Å²) in [5.74, 6) is 0.254. The standard InChI is InChI=1S/C17H25NO/c1-4-16(5-2)18(3)12-17(19)15-10-9-13-7-6-8-14(13)11-15/h9-11,16H,4-8,12H2,1-3H3. The molecular formula is C17H25NO. The fourth-order valence-corrected chi connectivity index (χ4v) is 3.10. The maximum atomic E-state index is 12.3. The third-order valence-electron chi connectivity index (χ3n) is 4.38. The van der Waals surface area contributed by atoms with E-state index >= 15 is 0 Å². The molecule has 0 unspecified atom stereocenters. The van der Waals surface area contributed by atoms with E-state index in [1.165, 1.54) is 24.0 Å². The number of Topliss-reactive ketones (excluding diaryl/α,β-unsaturated/α-hetero) is 1. The van der Waals surface area contributed by atoms with Crippen LogP contribution in [0.3, 0.4) is 0 Å². The predicted octanol–water partition coefficient (Wildman–Crippen LogP) is 3.48. The molecule has 2 rings (SSSR count). The lowest BCUT2D eigenvalue weighted by atomic mass is 10.0. The molecule has 2 nitrogen and oxygen atoms in total. The quantitative estimate of drug-likeness (QED) is 0.729. The van der Waals surface area contributed by atoms with E-state index in [-0.39, 0.29) is 5.78 Å². The van der Waals surface area contributed by atoms with Crippen LogP contribution in [0.4, 0.5) is 0 Å². The van der Waals surface area contributed by atoms with Gasteiger partial charge in [0.1, 0.15) is 0 Å². The van der Waals surface area contributed by atoms with E-state index in [1.54, 1.807) is 0 Å². The van der Waals surface area contributed by atoms with Crippen molar-refractivity contribution in [2.24, 2.45) is 0 Å². The minimum absolute atomic E-state index is 0.254. The predicted molar refractivity (Wildman–Crippen MR) is 79.8 cm³/mol. The van der Waals surface area contributed by atoms with Crippen molar-refractivity contribution in [1.82, 2.24) is 4.90 Å². The molecule has 0 aliphatic heterocycles. The Bertz CT molecular complexity index is 449. The van der Waals surface area contributed by atoms with Gasteiger partial charge in [-0.15, -0.1) is 0 Å². The number of hydrogen-bond acceptors (Lipinski definition) is 2. The molecule has 2 heteroatoms. The minimum Gasteiger partial charge on any atom is -0.296 e. The van der Waals surface area contributed by atoms with Crippen LogP contribution in [-0.4, -0.2) is 30.3 Å². The molecule has 0 N–H and O–H groups in total. The van der Waals surface area contributed by atoms with Gasteiger partial charge in [-0.3, -0.25) is 9.69 Å². The van der Waals surface area contributed by atoms with Crippen molar-refractivity contribution in [3.63, 3.8) is 0 Å². The van der Waals surface area contributed by atoms with Gasteiger partial charge in [0.2, 0.25) is 0 Å². The Labute approximate surface area is 116 Å². The number of rotatable bonds is 6. The van der Waals surface area contributed by atoms with Crippen LogP contribution in [-0.2, 0) is 12.8 Å². The highest BCUT2D eigenvalue weighted by molar-refractivity contribution is 5.97. The Morgan fingerprint density at radius 1 is 1.21 bits per heavy atom. The van der Waals surface area contributed by atoms with Crippen molar-refractivity contribution in [1.29, 1.82) is 0 Å². The highest BCUT2D eigenvalue weighted by atomic mass is 16.1. The van der Waals surface area contributed by atoms with E-state index in [0.29, 0.717) is 12.6 Å². The molecule has 1 aromatic carbocycles. The van der Waals surface area contributed by atoms with Gasteiger partial charge < -0.3 is 0 Å². The van der Waals surface area contributed by atoms with Crippen LogP contribution in [0.25, 0.3) is 0 Å². The average molecular weight is 259 g/mol. The molecule has 0 saturated heterocycles. The van der Waals surface area contributed by atoms with E-state index in [0.717, 1.165) is 24.8 Å². The van der Waals surface area contributed by atoms with Gasteiger partial charge >= 0.3 is 0 Å². The van der Waals surface area contributed by atoms with Crippen LogP contribution in [0, 0.1) is 0 Å². The van der Waals surface area contributed by atoms with Crippen LogP contribution in [0.2, 0.25) is 0 Å². The van der Waals surface area contributed by atoms with Gasteiger partial charge in [0, 0.05) is 11.6 Å². The normalized spacial score (nSPS) is 14.2. The Morgan fingerprint density at radius 2 is 1.89 bits per heavy atom. The van der Waals surface area contributed by atoms with Gasteiger partial charge in [0.15, 0.2) is 5.78 Å². The van der Waals surface area contributed by atoms with Crippen molar-refractivity contribution in [2.75, 3.05) is 13.6 Å². The second-order valence-electron chi connectivity index (χ2n) is 5.65. The topological polar surface area (TPSA) is 20.3 Å². The van der Waals surface area contributed by atoms with Crippen molar-refractivity contribution in [3.05, 3.63) is 34.9 Å². The van der Waals surface area contributed by atoms with Gasteiger partial charge in [-0.2, -0.15) is 0 Å². The third-order valence-corrected chi connectivity index (χ3v) is 4.38. The number of carbonyl (C=O) groups excluding carboxylic acids is 1. The van der Waals surface area contributed by atoms with Crippen LogP contribution in [0.5, 0.6) is 0 Å². The number of aryl methyl sites for hydroxylation is 2. The summed E-state index contributed by atoms with van der Waals surface area (Å²) in [5.41, 5.74) is 3.71. The molecule has 0 aromatic heterocycles. The summed E-state index contributed by atoms with van der Waals surface area (Å²) in [6, 6.07) is 6.78. The average Bonchev–Trinajstić information content (AvgIpc) is 2.87. The molecule has 19 heavy (non-hydrogen) atoms. The van der Waals surface area contributed by atoms with Crippen LogP contribution in [0.15, 0.2) is 18.2 Å². The molecule has 0 saturated carbocycles. The lowest BCUT2D eigenvalue weighted by Crippen LogP contribution is -2.35. The molecule has 0 fully saturated rings. The summed E-state index contributed by atoms with van der Waals surface area (Å²) in [4.78, 5) is 14.5. The lowest BCUT2D eigenvalue weighted by molar-refractivity contribution is 0.0915. The SMILES string of the molecule is CCC(CC)N(C)CC(=O)c1ccc2c(c1)CCC2. The number of ketones is 1. The number of nitrogens with zero attached hydrogens (tertiary/aromatic N) is 1. The maximum absolute atomic E-state index is 12.3. The summed E-state index contributed by atoms with van der Waals surface area (Å²) in [5, 5.41) is 0. The summed E-state index contributed by atoms with van der Waals surface area (Å²) >= 11 is 0. The van der Waals surface area contributed by atoms with Crippen LogP contribution >= 0.6 is 0 Å². The van der Waals surface area contributed by atoms with Gasteiger partial charge in [0.25, 0.3) is 0 Å². The second-order valence-corrected chi connectivity index (χ2v) is 5.65. The second kappa shape index (κ2) is 6.33. The van der Waals surface area contributed by atoms with Crippen molar-refractivity contribution < 1.29 is 4.79 Å². The smallest absolute Gasteiger partial charge is 0.176 e. The monoisotopic (exact) mass is 259 g/mol. The number of benzene rings is 1. The van der Waals surface area contributed by atoms with Gasteiger partial charge in [-0.05, 0) is 56.3 Å². The Morgan fingerprint density at radius 3 is 2.58 bits per heavy atom. The summed E-state index contributed by atoms with van der Waals surface area (Å²) in [7, 11) is 2.06. The first kappa shape index (κ1) is 14.3. The van der Waals surface area contributed by atoms with Crippen LogP contribution in [0.1, 0.15) is 54.6 Å². The van der Waals surface area contributed by atoms with E-state index in [2.05, 4.69) is 37.9 Å². The molecule has 1 aromatic rings. The molecule has 1 aliphatic rings. The fourth-order valence-electron chi connectivity index (χ4n) is 3.10.